The Morgan fingerprint density at radius 2 is 1.69 bits per heavy atom. The number of benzene rings is 1. The lowest BCUT2D eigenvalue weighted by Gasteiger charge is -2.16. The minimum Gasteiger partial charge on any atom is -0.475 e. The summed E-state index contributed by atoms with van der Waals surface area (Å²) in [5, 5.41) is 6.78. The Hall–Kier alpha value is -4.67. The molecular weight excluding hydrogens is 560 g/mol. The summed E-state index contributed by atoms with van der Waals surface area (Å²) in [6, 6.07) is 9.02. The molecule has 1 fully saturated rings. The predicted molar refractivity (Wildman–Crippen MR) is 124 cm³/mol. The Bertz CT molecular complexity index is 1530. The van der Waals surface area contributed by atoms with E-state index in [9.17, 15) is 35.9 Å². The van der Waals surface area contributed by atoms with E-state index in [0.29, 0.717) is 28.5 Å². The number of carbonyl (C=O) groups excluding carboxylic acids is 2. The number of hydrogen-bond donors (Lipinski definition) is 2. The van der Waals surface area contributed by atoms with Crippen LogP contribution in [0.5, 0.6) is 11.5 Å². The molecule has 0 bridgehead atoms. The van der Waals surface area contributed by atoms with Crippen LogP contribution in [-0.2, 0) is 15.8 Å². The van der Waals surface area contributed by atoms with E-state index in [1.807, 2.05) is 6.07 Å². The molecule has 0 aliphatic carbocycles. The number of urea groups is 1. The Balaban J connectivity index is 0.000000448. The van der Waals surface area contributed by atoms with E-state index >= 15 is 0 Å². The number of alkyl halides is 6. The molecule has 3 amide bonds. The number of imide groups is 1. The smallest absolute Gasteiger partial charge is 0.475 e. The quantitative estimate of drug-likeness (QED) is 0.246. The van der Waals surface area contributed by atoms with Crippen molar-refractivity contribution >= 4 is 51.0 Å². The van der Waals surface area contributed by atoms with Crippen molar-refractivity contribution in [3.8, 4) is 11.5 Å². The number of ether oxygens (including phenoxy) is 1. The molecule has 5 rings (SSSR count). The highest BCUT2D eigenvalue weighted by Gasteiger charge is 2.41. The van der Waals surface area contributed by atoms with E-state index in [0.717, 1.165) is 21.4 Å². The summed E-state index contributed by atoms with van der Waals surface area (Å²) in [4.78, 5) is 46.5. The Kier molecular flexibility index (Phi) is 7.18. The van der Waals surface area contributed by atoms with Gasteiger partial charge in [0.05, 0.1) is 17.3 Å². The van der Waals surface area contributed by atoms with Gasteiger partial charge in [0, 0.05) is 12.4 Å². The predicted octanol–water partition coefficient (Wildman–Crippen LogP) is 5.44. The molecule has 4 aromatic rings. The molecule has 204 valence electrons. The van der Waals surface area contributed by atoms with Crippen LogP contribution in [0.25, 0.3) is 11.0 Å². The van der Waals surface area contributed by atoms with E-state index in [-0.39, 0.29) is 17.2 Å². The van der Waals surface area contributed by atoms with Gasteiger partial charge >= 0.3 is 24.4 Å². The maximum atomic E-state index is 12.8. The first-order valence-corrected chi connectivity index (χ1v) is 11.2. The fourth-order valence-corrected chi connectivity index (χ4v) is 4.04. The molecule has 4 heterocycles. The number of nitrogens with one attached hydrogen (secondary N) is 1. The number of aromatic amines is 1. The fraction of sp³-hybridized carbons (Fsp3) is 0.136. The number of thiazole rings is 1. The normalized spacial score (nSPS) is 14.0. The van der Waals surface area contributed by atoms with Crippen molar-refractivity contribution in [1.29, 1.82) is 0 Å². The second-order valence-corrected chi connectivity index (χ2v) is 8.56. The number of carboxylic acid groups (broad SMARTS) is 1. The zero-order chi connectivity index (χ0) is 28.5. The molecule has 10 nitrogen and oxygen atoms in total. The number of H-pyrrole nitrogens is 1. The lowest BCUT2D eigenvalue weighted by atomic mass is 10.2. The van der Waals surface area contributed by atoms with Crippen LogP contribution in [0, 0.1) is 0 Å². The molecule has 0 unspecified atom stereocenters. The third-order valence-corrected chi connectivity index (χ3v) is 6.02. The largest absolute Gasteiger partial charge is 0.490 e. The SMILES string of the molecule is O=C(O)C(F)(F)F.O=C1CN(c2cnc(C(F)(F)F)s2)C(=O)N1c1ccc(Oc2ccnc3[nH]ccc23)cc1. The van der Waals surface area contributed by atoms with Crippen molar-refractivity contribution in [2.45, 2.75) is 12.4 Å². The number of aliphatic carboxylic acids is 1. The molecule has 0 atom stereocenters. The first kappa shape index (κ1) is 27.4. The first-order chi connectivity index (χ1) is 18.3. The lowest BCUT2D eigenvalue weighted by molar-refractivity contribution is -0.192. The summed E-state index contributed by atoms with van der Waals surface area (Å²) in [6.45, 7) is -0.376. The number of rotatable bonds is 4. The van der Waals surface area contributed by atoms with Gasteiger partial charge in [-0.25, -0.2) is 24.5 Å². The van der Waals surface area contributed by atoms with Crippen molar-refractivity contribution in [3.63, 3.8) is 0 Å². The van der Waals surface area contributed by atoms with Gasteiger partial charge in [0.2, 0.25) is 0 Å². The van der Waals surface area contributed by atoms with Gasteiger partial charge in [-0.15, -0.1) is 0 Å². The average molecular weight is 573 g/mol. The van der Waals surface area contributed by atoms with Gasteiger partial charge in [-0.1, -0.05) is 11.3 Å². The van der Waals surface area contributed by atoms with Crippen LogP contribution < -0.4 is 14.5 Å². The van der Waals surface area contributed by atoms with Gasteiger partial charge < -0.3 is 14.8 Å². The minimum atomic E-state index is -5.08. The molecule has 1 aliphatic rings. The van der Waals surface area contributed by atoms with Crippen molar-refractivity contribution in [2.75, 3.05) is 16.3 Å². The van der Waals surface area contributed by atoms with Crippen LogP contribution in [0.2, 0.25) is 0 Å². The van der Waals surface area contributed by atoms with Gasteiger partial charge in [-0.2, -0.15) is 26.3 Å². The summed E-state index contributed by atoms with van der Waals surface area (Å²) in [5.41, 5.74) is 0.946. The molecule has 2 N–H and O–H groups in total. The van der Waals surface area contributed by atoms with Crippen LogP contribution in [0.1, 0.15) is 5.01 Å². The molecule has 0 saturated carbocycles. The molecule has 1 aromatic carbocycles. The number of anilines is 2. The number of fused-ring (bicyclic) bond motifs is 1. The van der Waals surface area contributed by atoms with Gasteiger partial charge in [0.15, 0.2) is 5.01 Å². The first-order valence-electron chi connectivity index (χ1n) is 10.4. The van der Waals surface area contributed by atoms with Crippen molar-refractivity contribution < 1.29 is 50.6 Å². The molecule has 1 saturated heterocycles. The second kappa shape index (κ2) is 10.2. The Morgan fingerprint density at radius 1 is 1.03 bits per heavy atom. The summed E-state index contributed by atoms with van der Waals surface area (Å²) in [5.74, 6) is -2.27. The maximum absolute atomic E-state index is 12.8. The molecule has 39 heavy (non-hydrogen) atoms. The van der Waals surface area contributed by atoms with Crippen LogP contribution in [0.4, 0.5) is 41.8 Å². The highest BCUT2D eigenvalue weighted by Crippen LogP contribution is 2.38. The third-order valence-electron chi connectivity index (χ3n) is 4.95. The highest BCUT2D eigenvalue weighted by atomic mass is 32.1. The van der Waals surface area contributed by atoms with Crippen LogP contribution in [-0.4, -0.2) is 50.7 Å². The zero-order valence-corrected chi connectivity index (χ0v) is 19.8. The van der Waals surface area contributed by atoms with E-state index in [2.05, 4.69) is 15.0 Å². The van der Waals surface area contributed by atoms with E-state index in [1.165, 1.54) is 12.1 Å². The van der Waals surface area contributed by atoms with Gasteiger partial charge in [0.25, 0.3) is 5.91 Å². The molecule has 17 heteroatoms. The summed E-state index contributed by atoms with van der Waals surface area (Å²) in [6.07, 6.45) is -5.42. The average Bonchev–Trinajstić information content (AvgIpc) is 3.59. The molecule has 3 aromatic heterocycles. The minimum absolute atomic E-state index is 0.0497. The van der Waals surface area contributed by atoms with Crippen molar-refractivity contribution in [2.24, 2.45) is 0 Å². The third kappa shape index (κ3) is 5.92. The maximum Gasteiger partial charge on any atom is 0.490 e. The number of carbonyl (C=O) groups is 3. The zero-order valence-electron chi connectivity index (χ0n) is 18.9. The van der Waals surface area contributed by atoms with Gasteiger partial charge in [-0.3, -0.25) is 9.69 Å². The van der Waals surface area contributed by atoms with Gasteiger partial charge in [-0.05, 0) is 36.4 Å². The number of aromatic nitrogens is 3. The number of hydrogen-bond acceptors (Lipinski definition) is 7. The van der Waals surface area contributed by atoms with E-state index < -0.39 is 35.3 Å². The summed E-state index contributed by atoms with van der Waals surface area (Å²) in [7, 11) is 0. The monoisotopic (exact) mass is 573 g/mol. The molecule has 1 aliphatic heterocycles. The van der Waals surface area contributed by atoms with E-state index in [4.69, 9.17) is 14.6 Å². The molecular formula is C22H13F6N5O5S. The lowest BCUT2D eigenvalue weighted by Crippen LogP contribution is -2.32. The topological polar surface area (TPSA) is 129 Å². The second-order valence-electron chi connectivity index (χ2n) is 7.55. The number of amides is 3. The van der Waals surface area contributed by atoms with Crippen LogP contribution in [0.15, 0.2) is 55.0 Å². The van der Waals surface area contributed by atoms with Crippen molar-refractivity contribution in [3.05, 3.63) is 60.0 Å². The molecule has 0 radical (unpaired) electrons. The summed E-state index contributed by atoms with van der Waals surface area (Å²) >= 11 is 0.308. The number of halogens is 6. The van der Waals surface area contributed by atoms with Crippen molar-refractivity contribution in [1.82, 2.24) is 15.0 Å². The number of carboxylic acids is 1. The van der Waals surface area contributed by atoms with Crippen LogP contribution in [0.3, 0.4) is 0 Å². The summed E-state index contributed by atoms with van der Waals surface area (Å²) < 4.78 is 76.1. The highest BCUT2D eigenvalue weighted by molar-refractivity contribution is 7.16. The van der Waals surface area contributed by atoms with E-state index in [1.54, 1.807) is 30.6 Å². The standard InChI is InChI=1S/C20H12F3N5O3S.C2HF3O2/c21-20(22,23)18-26-9-16(32-18)27-10-15(29)28(19(27)30)11-1-3-12(4-2-11)31-14-6-8-25-17-13(14)5-7-24-17;3-2(4,5)1(6)7/h1-9H,10H2,(H,24,25);(H,6,7). The molecule has 0 spiro atoms. The number of pyridine rings is 1. The number of nitrogens with zero attached hydrogens (tertiary/aromatic N) is 4. The fourth-order valence-electron chi connectivity index (χ4n) is 3.26. The van der Waals surface area contributed by atoms with Gasteiger partial charge in [0.1, 0.15) is 28.7 Å². The Morgan fingerprint density at radius 3 is 2.28 bits per heavy atom. The Labute approximate surface area is 217 Å². The van der Waals surface area contributed by atoms with Crippen LogP contribution >= 0.6 is 11.3 Å².